The molecule has 0 aliphatic heterocycles. The fraction of sp³-hybridized carbons (Fsp3) is 0.111. The molecule has 0 aromatic carbocycles. The third kappa shape index (κ3) is 4.31. The Morgan fingerprint density at radius 3 is 2.77 bits per heavy atom. The summed E-state index contributed by atoms with van der Waals surface area (Å²) in [5, 5.41) is 13.0. The first-order valence-corrected chi connectivity index (χ1v) is 12.2. The highest BCUT2D eigenvalue weighted by Gasteiger charge is 2.17. The van der Waals surface area contributed by atoms with E-state index in [1.54, 1.807) is 23.6 Å². The monoisotopic (exact) mass is 479 g/mol. The number of pyridine rings is 2. The summed E-state index contributed by atoms with van der Waals surface area (Å²) in [4.78, 5) is 18.7. The molecule has 7 nitrogen and oxygen atoms in total. The van der Waals surface area contributed by atoms with Gasteiger partial charge in [-0.3, -0.25) is 10.1 Å². The maximum absolute atomic E-state index is 4.95. The number of fused-ring (bicyclic) bond motifs is 2. The lowest BCUT2D eigenvalue weighted by Gasteiger charge is -2.10. The van der Waals surface area contributed by atoms with Crippen LogP contribution in [0.25, 0.3) is 49.6 Å². The molecule has 0 saturated carbocycles. The van der Waals surface area contributed by atoms with Crippen LogP contribution >= 0.6 is 11.3 Å². The topological polar surface area (TPSA) is 95.2 Å². The van der Waals surface area contributed by atoms with E-state index in [4.69, 9.17) is 9.97 Å². The zero-order chi connectivity index (χ0) is 24.4. The van der Waals surface area contributed by atoms with Gasteiger partial charge < -0.3 is 10.3 Å². The van der Waals surface area contributed by atoms with E-state index in [1.165, 1.54) is 0 Å². The van der Waals surface area contributed by atoms with Gasteiger partial charge in [0.1, 0.15) is 11.0 Å². The van der Waals surface area contributed by atoms with Crippen LogP contribution in [-0.4, -0.2) is 30.1 Å². The number of imidazole rings is 1. The number of H-pyrrole nitrogens is 2. The lowest BCUT2D eigenvalue weighted by Crippen LogP contribution is -2.09. The van der Waals surface area contributed by atoms with Gasteiger partial charge in [0.25, 0.3) is 0 Å². The van der Waals surface area contributed by atoms with Crippen molar-refractivity contribution in [2.24, 2.45) is 0 Å². The van der Waals surface area contributed by atoms with Crippen molar-refractivity contribution in [3.05, 3.63) is 90.5 Å². The van der Waals surface area contributed by atoms with Gasteiger partial charge in [0.15, 0.2) is 11.5 Å². The SMILES string of the molecule is C=C/C(=C\C(=C/C)c1ccc2[nH]nc(-c3nc4c(-c5cccs5)cncc4[nH]3)c2n1)NC(=C)CC. The number of aromatic nitrogens is 6. The van der Waals surface area contributed by atoms with Crippen molar-refractivity contribution < 1.29 is 0 Å². The number of allylic oxidation sites excluding steroid dienone is 5. The molecule has 3 N–H and O–H groups in total. The van der Waals surface area contributed by atoms with Crippen LogP contribution in [-0.2, 0) is 0 Å². The second-order valence-electron chi connectivity index (χ2n) is 7.94. The molecule has 0 spiro atoms. The van der Waals surface area contributed by atoms with Crippen molar-refractivity contribution in [3.8, 4) is 22.0 Å². The highest BCUT2D eigenvalue weighted by atomic mass is 32.1. The summed E-state index contributed by atoms with van der Waals surface area (Å²) in [6, 6.07) is 8.06. The highest BCUT2D eigenvalue weighted by Crippen LogP contribution is 2.32. The fourth-order valence-electron chi connectivity index (χ4n) is 3.79. The Hall–Kier alpha value is -4.30. The van der Waals surface area contributed by atoms with Crippen LogP contribution in [0.5, 0.6) is 0 Å². The first kappa shape index (κ1) is 22.5. The molecule has 35 heavy (non-hydrogen) atoms. The molecule has 8 heteroatoms. The summed E-state index contributed by atoms with van der Waals surface area (Å²) in [7, 11) is 0. The molecule has 0 fully saturated rings. The third-order valence-corrected chi connectivity index (χ3v) is 6.60. The molecular formula is C27H25N7S. The normalized spacial score (nSPS) is 12.4. The number of nitrogens with one attached hydrogen (secondary N) is 3. The Morgan fingerprint density at radius 2 is 2.03 bits per heavy atom. The van der Waals surface area contributed by atoms with Gasteiger partial charge in [0.2, 0.25) is 0 Å². The minimum absolute atomic E-state index is 0.645. The predicted molar refractivity (Wildman–Crippen MR) is 145 cm³/mol. The molecule has 5 rings (SSSR count). The van der Waals surface area contributed by atoms with Gasteiger partial charge in [-0.2, -0.15) is 5.10 Å². The zero-order valence-electron chi connectivity index (χ0n) is 19.6. The molecular weight excluding hydrogens is 454 g/mol. The lowest BCUT2D eigenvalue weighted by atomic mass is 10.1. The van der Waals surface area contributed by atoms with Crippen LogP contribution in [0.4, 0.5) is 0 Å². The van der Waals surface area contributed by atoms with Gasteiger partial charge in [-0.1, -0.05) is 32.2 Å². The number of hydrogen-bond donors (Lipinski definition) is 3. The Balaban J connectivity index is 1.57. The molecule has 174 valence electrons. The van der Waals surface area contributed by atoms with Crippen LogP contribution in [0.3, 0.4) is 0 Å². The molecule has 0 bridgehead atoms. The van der Waals surface area contributed by atoms with E-state index in [0.29, 0.717) is 11.5 Å². The Kier molecular flexibility index (Phi) is 6.12. The standard InChI is InChI=1S/C27H25N7S/c1-5-16(4)29-18(7-3)13-17(6-2)20-10-11-21-25(30-20)26(34-33-21)27-31-22-15-28-14-19(24(22)32-27)23-9-8-12-35-23/h6-15,29H,3-5H2,1-2H3,(H,31,32)(H,33,34)/b17-6+,18-13+. The predicted octanol–water partition coefficient (Wildman–Crippen LogP) is 6.61. The third-order valence-electron chi connectivity index (χ3n) is 5.70. The van der Waals surface area contributed by atoms with Crippen molar-refractivity contribution in [2.45, 2.75) is 20.3 Å². The number of thiophene rings is 1. The van der Waals surface area contributed by atoms with Crippen molar-refractivity contribution in [2.75, 3.05) is 0 Å². The first-order chi connectivity index (χ1) is 17.1. The minimum atomic E-state index is 0.645. The highest BCUT2D eigenvalue weighted by molar-refractivity contribution is 7.13. The van der Waals surface area contributed by atoms with Gasteiger partial charge in [0.05, 0.1) is 22.9 Å². The van der Waals surface area contributed by atoms with Gasteiger partial charge in [-0.25, -0.2) is 9.97 Å². The van der Waals surface area contributed by atoms with Gasteiger partial charge in [0, 0.05) is 28.0 Å². The summed E-state index contributed by atoms with van der Waals surface area (Å²) in [6.45, 7) is 12.0. The molecule has 0 aliphatic rings. The van der Waals surface area contributed by atoms with Crippen molar-refractivity contribution in [1.29, 1.82) is 0 Å². The van der Waals surface area contributed by atoms with Crippen LogP contribution in [0.2, 0.25) is 0 Å². The second-order valence-corrected chi connectivity index (χ2v) is 8.89. The number of rotatable bonds is 8. The summed E-state index contributed by atoms with van der Waals surface area (Å²) in [5.41, 5.74) is 8.52. The fourth-order valence-corrected chi connectivity index (χ4v) is 4.53. The van der Waals surface area contributed by atoms with E-state index < -0.39 is 0 Å². The van der Waals surface area contributed by atoms with Gasteiger partial charge in [-0.15, -0.1) is 11.3 Å². The van der Waals surface area contributed by atoms with E-state index in [2.05, 4.69) is 51.6 Å². The molecule has 5 heterocycles. The maximum atomic E-state index is 4.95. The van der Waals surface area contributed by atoms with Crippen LogP contribution < -0.4 is 5.32 Å². The molecule has 5 aromatic heterocycles. The average Bonchev–Trinajstić information content (AvgIpc) is 3.64. The van der Waals surface area contributed by atoms with Gasteiger partial charge in [-0.05, 0) is 54.6 Å². The van der Waals surface area contributed by atoms with Crippen molar-refractivity contribution in [3.63, 3.8) is 0 Å². The zero-order valence-corrected chi connectivity index (χ0v) is 20.4. The molecule has 0 aliphatic carbocycles. The largest absolute Gasteiger partial charge is 0.359 e. The Morgan fingerprint density at radius 1 is 1.14 bits per heavy atom. The van der Waals surface area contributed by atoms with Crippen LogP contribution in [0.15, 0.2) is 84.8 Å². The van der Waals surface area contributed by atoms with E-state index in [-0.39, 0.29) is 0 Å². The van der Waals surface area contributed by atoms with Crippen molar-refractivity contribution in [1.82, 2.24) is 35.5 Å². The first-order valence-electron chi connectivity index (χ1n) is 11.3. The van der Waals surface area contributed by atoms with Crippen LogP contribution in [0.1, 0.15) is 26.0 Å². The summed E-state index contributed by atoms with van der Waals surface area (Å²) >= 11 is 1.66. The number of aromatic amines is 2. The summed E-state index contributed by atoms with van der Waals surface area (Å²) in [6.07, 6.45) is 10.3. The number of nitrogens with zero attached hydrogens (tertiary/aromatic N) is 4. The quantitative estimate of drug-likeness (QED) is 0.218. The Labute approximate surface area is 207 Å². The second kappa shape index (κ2) is 9.52. The van der Waals surface area contributed by atoms with E-state index in [1.807, 2.05) is 48.9 Å². The molecule has 0 radical (unpaired) electrons. The summed E-state index contributed by atoms with van der Waals surface area (Å²) in [5.74, 6) is 0.645. The lowest BCUT2D eigenvalue weighted by molar-refractivity contribution is 0.920. The smallest absolute Gasteiger partial charge is 0.161 e. The molecule has 0 unspecified atom stereocenters. The molecule has 0 saturated heterocycles. The van der Waals surface area contributed by atoms with Gasteiger partial charge >= 0.3 is 0 Å². The average molecular weight is 480 g/mol. The van der Waals surface area contributed by atoms with E-state index >= 15 is 0 Å². The van der Waals surface area contributed by atoms with E-state index in [0.717, 1.165) is 61.6 Å². The van der Waals surface area contributed by atoms with Crippen LogP contribution in [0, 0.1) is 0 Å². The number of hydrogen-bond acceptors (Lipinski definition) is 6. The molecule has 0 atom stereocenters. The minimum Gasteiger partial charge on any atom is -0.359 e. The maximum Gasteiger partial charge on any atom is 0.161 e. The molecule has 0 amide bonds. The van der Waals surface area contributed by atoms with E-state index in [9.17, 15) is 0 Å². The Bertz CT molecular complexity index is 1600. The van der Waals surface area contributed by atoms with Crippen molar-refractivity contribution >= 4 is 39.0 Å². The summed E-state index contributed by atoms with van der Waals surface area (Å²) < 4.78 is 0. The molecule has 5 aromatic rings.